The number of halogens is 1. The van der Waals surface area contributed by atoms with E-state index in [1.54, 1.807) is 12.1 Å². The van der Waals surface area contributed by atoms with Gasteiger partial charge >= 0.3 is 0 Å². The van der Waals surface area contributed by atoms with Crippen molar-refractivity contribution in [2.75, 3.05) is 29.9 Å². The third-order valence-corrected chi connectivity index (χ3v) is 8.52. The van der Waals surface area contributed by atoms with Crippen molar-refractivity contribution in [3.05, 3.63) is 75.1 Å². The van der Waals surface area contributed by atoms with Crippen molar-refractivity contribution < 1.29 is 23.2 Å². The van der Waals surface area contributed by atoms with Gasteiger partial charge in [-0.05, 0) is 102 Å². The number of benzene rings is 2. The Morgan fingerprint density at radius 3 is 2.65 bits per heavy atom. The van der Waals surface area contributed by atoms with Crippen LogP contribution in [0.3, 0.4) is 0 Å². The van der Waals surface area contributed by atoms with Crippen LogP contribution >= 0.6 is 22.6 Å². The minimum absolute atomic E-state index is 0.0108. The van der Waals surface area contributed by atoms with Crippen LogP contribution in [0.2, 0.25) is 0 Å². The number of sulfonamides is 1. The monoisotopic (exact) mass is 636 g/mol. The Morgan fingerprint density at radius 1 is 1.16 bits per heavy atom. The summed E-state index contributed by atoms with van der Waals surface area (Å²) in [5.74, 6) is 0.00729. The molecule has 0 spiro atoms. The van der Waals surface area contributed by atoms with Gasteiger partial charge in [0.25, 0.3) is 15.9 Å². The van der Waals surface area contributed by atoms with E-state index in [0.717, 1.165) is 32.0 Å². The van der Waals surface area contributed by atoms with Crippen molar-refractivity contribution in [2.45, 2.75) is 31.1 Å². The highest BCUT2D eigenvalue weighted by Crippen LogP contribution is 2.31. The van der Waals surface area contributed by atoms with Gasteiger partial charge < -0.3 is 10.4 Å². The third kappa shape index (κ3) is 6.78. The van der Waals surface area contributed by atoms with E-state index in [2.05, 4.69) is 38.4 Å². The quantitative estimate of drug-likeness (QED) is 0.214. The van der Waals surface area contributed by atoms with Crippen LogP contribution in [0.25, 0.3) is 0 Å². The number of hydrogen-bond acceptors (Lipinski definition) is 7. The zero-order valence-corrected chi connectivity index (χ0v) is 23.5. The summed E-state index contributed by atoms with van der Waals surface area (Å²) in [6, 6.07) is 13.4. The van der Waals surface area contributed by atoms with Crippen molar-refractivity contribution in [3.8, 4) is 0 Å². The summed E-state index contributed by atoms with van der Waals surface area (Å²) in [5.41, 5.74) is 5.76. The molecule has 1 fully saturated rings. The molecule has 3 N–H and O–H groups in total. The van der Waals surface area contributed by atoms with E-state index in [4.69, 9.17) is 4.84 Å². The maximum atomic E-state index is 13.6. The van der Waals surface area contributed by atoms with Gasteiger partial charge in [-0.1, -0.05) is 0 Å². The van der Waals surface area contributed by atoms with E-state index in [9.17, 15) is 18.3 Å². The average Bonchev–Trinajstić information content (AvgIpc) is 3.70. The topological polar surface area (TPSA) is 121 Å². The SMILES string of the molecule is Cc1cc(I)ccc1Nc1cc(S(=O)(=O)N(C)c2ccnc(CCO)c2)ccc1C(=O)NOCC1CC1. The minimum Gasteiger partial charge on any atom is -0.396 e. The molecule has 1 heterocycles. The van der Waals surface area contributed by atoms with E-state index >= 15 is 0 Å². The molecule has 37 heavy (non-hydrogen) atoms. The van der Waals surface area contributed by atoms with Crippen LogP contribution in [0.15, 0.2) is 59.6 Å². The number of aromatic nitrogens is 1. The summed E-state index contributed by atoms with van der Waals surface area (Å²) in [7, 11) is -2.52. The second-order valence-electron chi connectivity index (χ2n) is 8.93. The Morgan fingerprint density at radius 2 is 1.95 bits per heavy atom. The summed E-state index contributed by atoms with van der Waals surface area (Å²) < 4.78 is 29.3. The number of aliphatic hydroxyl groups is 1. The number of hydroxylamine groups is 1. The molecule has 11 heteroatoms. The molecule has 3 aromatic rings. The molecule has 0 radical (unpaired) electrons. The first-order chi connectivity index (χ1) is 17.7. The van der Waals surface area contributed by atoms with Gasteiger partial charge in [-0.2, -0.15) is 0 Å². The number of rotatable bonds is 11. The number of pyridine rings is 1. The van der Waals surface area contributed by atoms with Crippen LogP contribution in [0.4, 0.5) is 17.1 Å². The maximum Gasteiger partial charge on any atom is 0.276 e. The Bertz CT molecular complexity index is 1400. The zero-order chi connectivity index (χ0) is 26.6. The first-order valence-electron chi connectivity index (χ1n) is 11.8. The van der Waals surface area contributed by atoms with Gasteiger partial charge in [0.1, 0.15) is 0 Å². The molecule has 196 valence electrons. The summed E-state index contributed by atoms with van der Waals surface area (Å²) in [4.78, 5) is 22.5. The fourth-order valence-electron chi connectivity index (χ4n) is 3.67. The molecule has 1 aliphatic rings. The average molecular weight is 637 g/mol. The number of amides is 1. The normalized spacial score (nSPS) is 13.3. The number of carbonyl (C=O) groups excluding carboxylic acids is 1. The number of anilines is 3. The lowest BCUT2D eigenvalue weighted by Crippen LogP contribution is -2.28. The predicted molar refractivity (Wildman–Crippen MR) is 150 cm³/mol. The largest absolute Gasteiger partial charge is 0.396 e. The van der Waals surface area contributed by atoms with E-state index < -0.39 is 15.9 Å². The highest BCUT2D eigenvalue weighted by molar-refractivity contribution is 14.1. The summed E-state index contributed by atoms with van der Waals surface area (Å²) in [5, 5.41) is 12.4. The van der Waals surface area contributed by atoms with Gasteiger partial charge in [0, 0.05) is 41.2 Å². The number of carbonyl (C=O) groups is 1. The number of nitrogens with zero attached hydrogens (tertiary/aromatic N) is 2. The van der Waals surface area contributed by atoms with Crippen LogP contribution in [0.5, 0.6) is 0 Å². The molecular weight excluding hydrogens is 607 g/mol. The lowest BCUT2D eigenvalue weighted by atomic mass is 10.1. The molecule has 1 saturated carbocycles. The van der Waals surface area contributed by atoms with E-state index in [-0.39, 0.29) is 17.1 Å². The molecular formula is C26H29IN4O5S. The Labute approximate surface area is 230 Å². The van der Waals surface area contributed by atoms with Crippen molar-refractivity contribution >= 4 is 55.6 Å². The molecule has 1 amide bonds. The van der Waals surface area contributed by atoms with Gasteiger partial charge in [-0.3, -0.25) is 18.9 Å². The lowest BCUT2D eigenvalue weighted by Gasteiger charge is -2.21. The third-order valence-electron chi connectivity index (χ3n) is 6.06. The molecule has 1 aromatic heterocycles. The first kappa shape index (κ1) is 27.3. The second kappa shape index (κ2) is 11.8. The van der Waals surface area contributed by atoms with Gasteiger partial charge in [0.15, 0.2) is 0 Å². The molecule has 1 aliphatic carbocycles. The Balaban J connectivity index is 1.67. The molecule has 0 unspecified atom stereocenters. The second-order valence-corrected chi connectivity index (χ2v) is 12.1. The molecule has 9 nitrogen and oxygen atoms in total. The van der Waals surface area contributed by atoms with Crippen molar-refractivity contribution in [1.29, 1.82) is 0 Å². The smallest absolute Gasteiger partial charge is 0.276 e. The van der Waals surface area contributed by atoms with Crippen molar-refractivity contribution in [2.24, 2.45) is 5.92 Å². The van der Waals surface area contributed by atoms with Crippen LogP contribution in [-0.2, 0) is 21.3 Å². The van der Waals surface area contributed by atoms with Gasteiger partial charge in [0.2, 0.25) is 0 Å². The van der Waals surface area contributed by atoms with Crippen LogP contribution < -0.4 is 15.1 Å². The van der Waals surface area contributed by atoms with Gasteiger partial charge in [-0.25, -0.2) is 13.9 Å². The number of aryl methyl sites for hydroxylation is 1. The van der Waals surface area contributed by atoms with Gasteiger partial charge in [0.05, 0.1) is 28.4 Å². The Hall–Kier alpha value is -2.74. The van der Waals surface area contributed by atoms with Crippen LogP contribution in [0, 0.1) is 16.4 Å². The number of aliphatic hydroxyl groups excluding tert-OH is 1. The molecule has 2 aromatic carbocycles. The Kier molecular flexibility index (Phi) is 8.67. The van der Waals surface area contributed by atoms with E-state index in [1.807, 2.05) is 25.1 Å². The standard InChI is InChI=1S/C26H29IN4O5S/c1-17-13-19(27)5-8-24(17)29-25-15-22(6-7-23(25)26(33)30-36-16-18-3-4-18)37(34,35)31(2)21-9-11-28-20(14-21)10-12-32/h5-9,11,13-15,18,29,32H,3-4,10,12,16H2,1-2H3,(H,30,33). The van der Waals surface area contributed by atoms with Crippen molar-refractivity contribution in [1.82, 2.24) is 10.5 Å². The minimum atomic E-state index is -3.98. The molecule has 0 aliphatic heterocycles. The first-order valence-corrected chi connectivity index (χ1v) is 14.3. The fraction of sp³-hybridized carbons (Fsp3) is 0.308. The fourth-order valence-corrected chi connectivity index (χ4v) is 5.53. The highest BCUT2D eigenvalue weighted by atomic mass is 127. The summed E-state index contributed by atoms with van der Waals surface area (Å²) in [6.07, 6.45) is 4.01. The predicted octanol–water partition coefficient (Wildman–Crippen LogP) is 4.17. The number of hydrogen-bond donors (Lipinski definition) is 3. The number of nitrogens with one attached hydrogen (secondary N) is 2. The van der Waals surface area contributed by atoms with E-state index in [0.29, 0.717) is 36.0 Å². The van der Waals surface area contributed by atoms with Crippen molar-refractivity contribution in [3.63, 3.8) is 0 Å². The maximum absolute atomic E-state index is 13.6. The van der Waals surface area contributed by atoms with E-state index in [1.165, 1.54) is 31.4 Å². The molecule has 4 rings (SSSR count). The molecule has 0 bridgehead atoms. The summed E-state index contributed by atoms with van der Waals surface area (Å²) >= 11 is 2.22. The lowest BCUT2D eigenvalue weighted by molar-refractivity contribution is 0.0271. The summed E-state index contributed by atoms with van der Waals surface area (Å²) in [6.45, 7) is 2.30. The van der Waals surface area contributed by atoms with Crippen LogP contribution in [0.1, 0.15) is 34.5 Å². The molecule has 0 atom stereocenters. The zero-order valence-electron chi connectivity index (χ0n) is 20.6. The highest BCUT2D eigenvalue weighted by Gasteiger charge is 2.25. The van der Waals surface area contributed by atoms with Crippen LogP contribution in [-0.4, -0.2) is 44.7 Å². The van der Waals surface area contributed by atoms with Gasteiger partial charge in [-0.15, -0.1) is 0 Å². The molecule has 0 saturated heterocycles.